The largest absolute Gasteiger partial charge is 0.338 e. The molecule has 1 heterocycles. The van der Waals surface area contributed by atoms with Gasteiger partial charge in [0.25, 0.3) is 0 Å². The number of ketones is 1. The highest BCUT2D eigenvalue weighted by Gasteiger charge is 2.42. The molecule has 0 aliphatic carbocycles. The van der Waals surface area contributed by atoms with Crippen LogP contribution in [0.25, 0.3) is 0 Å². The average Bonchev–Trinajstić information content (AvgIpc) is 2.91. The van der Waals surface area contributed by atoms with E-state index in [-0.39, 0.29) is 30.1 Å². The summed E-state index contributed by atoms with van der Waals surface area (Å²) in [6.45, 7) is 1.48. The predicted octanol–water partition coefficient (Wildman–Crippen LogP) is 3.05. The Bertz CT molecular complexity index is 817. The Balaban J connectivity index is 1.84. The van der Waals surface area contributed by atoms with Crippen LogP contribution < -0.4 is 5.32 Å². The van der Waals surface area contributed by atoms with Crippen molar-refractivity contribution in [3.8, 4) is 0 Å². The maximum atomic E-state index is 12.8. The second-order valence-electron chi connectivity index (χ2n) is 6.30. The van der Waals surface area contributed by atoms with Gasteiger partial charge in [0, 0.05) is 24.7 Å². The molecule has 5 heteroatoms. The van der Waals surface area contributed by atoms with E-state index >= 15 is 0 Å². The molecule has 2 aromatic rings. The Morgan fingerprint density at radius 3 is 2.48 bits per heavy atom. The summed E-state index contributed by atoms with van der Waals surface area (Å²) in [6, 6.07) is 16.1. The van der Waals surface area contributed by atoms with Crippen LogP contribution >= 0.6 is 0 Å². The summed E-state index contributed by atoms with van der Waals surface area (Å²) in [5.74, 6) is -0.798. The van der Waals surface area contributed by atoms with Gasteiger partial charge in [-0.05, 0) is 24.6 Å². The first-order valence-electron chi connectivity index (χ1n) is 8.20. The molecule has 0 aromatic heterocycles. The van der Waals surface area contributed by atoms with Gasteiger partial charge < -0.3 is 10.2 Å². The van der Waals surface area contributed by atoms with Crippen LogP contribution in [-0.2, 0) is 9.59 Å². The number of nitrogens with one attached hydrogen (secondary N) is 1. The second-order valence-corrected chi connectivity index (χ2v) is 6.30. The van der Waals surface area contributed by atoms with Gasteiger partial charge in [0.15, 0.2) is 5.78 Å². The highest BCUT2D eigenvalue weighted by atomic mass is 16.2. The van der Waals surface area contributed by atoms with E-state index in [1.807, 2.05) is 30.3 Å². The van der Waals surface area contributed by atoms with Gasteiger partial charge in [0.1, 0.15) is 0 Å². The van der Waals surface area contributed by atoms with Crippen molar-refractivity contribution < 1.29 is 14.4 Å². The third-order valence-electron chi connectivity index (χ3n) is 4.60. The van der Waals surface area contributed by atoms with Crippen molar-refractivity contribution in [2.45, 2.75) is 19.4 Å². The van der Waals surface area contributed by atoms with E-state index in [0.29, 0.717) is 11.3 Å². The Hall–Kier alpha value is -2.95. The molecule has 2 aromatic carbocycles. The summed E-state index contributed by atoms with van der Waals surface area (Å²) in [5, 5.41) is 2.85. The number of nitrogens with zero attached hydrogens (tertiary/aromatic N) is 1. The SMILES string of the molecule is CC(=O)c1cccc(NC(=O)C2CC(=O)N(C)C2c2ccccc2)c1. The molecule has 0 spiro atoms. The van der Waals surface area contributed by atoms with Crippen LogP contribution in [0.15, 0.2) is 54.6 Å². The third kappa shape index (κ3) is 3.45. The zero-order valence-electron chi connectivity index (χ0n) is 14.2. The second kappa shape index (κ2) is 6.89. The zero-order valence-corrected chi connectivity index (χ0v) is 14.2. The minimum Gasteiger partial charge on any atom is -0.338 e. The number of benzene rings is 2. The van der Waals surface area contributed by atoms with E-state index in [1.165, 1.54) is 6.92 Å². The quantitative estimate of drug-likeness (QED) is 0.873. The number of rotatable bonds is 4. The smallest absolute Gasteiger partial charge is 0.230 e. The Morgan fingerprint density at radius 1 is 1.08 bits per heavy atom. The molecule has 1 aliphatic heterocycles. The fraction of sp³-hybridized carbons (Fsp3) is 0.250. The molecule has 1 fully saturated rings. The lowest BCUT2D eigenvalue weighted by molar-refractivity contribution is -0.127. The van der Waals surface area contributed by atoms with Crippen LogP contribution in [0.3, 0.4) is 0 Å². The van der Waals surface area contributed by atoms with E-state index in [4.69, 9.17) is 0 Å². The van der Waals surface area contributed by atoms with Crippen LogP contribution in [0.2, 0.25) is 0 Å². The van der Waals surface area contributed by atoms with Crippen molar-refractivity contribution in [2.75, 3.05) is 12.4 Å². The number of anilines is 1. The number of carbonyl (C=O) groups excluding carboxylic acids is 3. The molecule has 0 bridgehead atoms. The summed E-state index contributed by atoms with van der Waals surface area (Å²) < 4.78 is 0. The monoisotopic (exact) mass is 336 g/mol. The number of hydrogen-bond acceptors (Lipinski definition) is 3. The molecule has 0 saturated carbocycles. The van der Waals surface area contributed by atoms with Crippen LogP contribution in [0.4, 0.5) is 5.69 Å². The van der Waals surface area contributed by atoms with E-state index in [9.17, 15) is 14.4 Å². The van der Waals surface area contributed by atoms with Crippen LogP contribution in [0, 0.1) is 5.92 Å². The molecule has 2 atom stereocenters. The molecule has 3 rings (SSSR count). The first-order valence-corrected chi connectivity index (χ1v) is 8.20. The topological polar surface area (TPSA) is 66.5 Å². The van der Waals surface area contributed by atoms with Crippen molar-refractivity contribution in [1.82, 2.24) is 4.90 Å². The van der Waals surface area contributed by atoms with E-state index < -0.39 is 5.92 Å². The van der Waals surface area contributed by atoms with E-state index in [1.54, 1.807) is 36.2 Å². The number of amides is 2. The molecule has 128 valence electrons. The molecule has 2 amide bonds. The van der Waals surface area contributed by atoms with Crippen LogP contribution in [0.1, 0.15) is 35.3 Å². The van der Waals surface area contributed by atoms with Crippen molar-refractivity contribution in [1.29, 1.82) is 0 Å². The van der Waals surface area contributed by atoms with E-state index in [2.05, 4.69) is 5.32 Å². The average molecular weight is 336 g/mol. The molecular formula is C20H20N2O3. The van der Waals surface area contributed by atoms with Crippen LogP contribution in [-0.4, -0.2) is 29.5 Å². The van der Waals surface area contributed by atoms with Gasteiger partial charge in [-0.25, -0.2) is 0 Å². The first kappa shape index (κ1) is 16.9. The van der Waals surface area contributed by atoms with Gasteiger partial charge in [-0.15, -0.1) is 0 Å². The van der Waals surface area contributed by atoms with Gasteiger partial charge >= 0.3 is 0 Å². The number of carbonyl (C=O) groups is 3. The maximum absolute atomic E-state index is 12.8. The predicted molar refractivity (Wildman–Crippen MR) is 95.1 cm³/mol. The van der Waals surface area contributed by atoms with Gasteiger partial charge in [0.2, 0.25) is 11.8 Å². The number of likely N-dealkylation sites (tertiary alicyclic amines) is 1. The van der Waals surface area contributed by atoms with Gasteiger partial charge in [-0.1, -0.05) is 42.5 Å². The molecule has 25 heavy (non-hydrogen) atoms. The molecule has 1 saturated heterocycles. The zero-order chi connectivity index (χ0) is 18.0. The van der Waals surface area contributed by atoms with Gasteiger partial charge in [-0.2, -0.15) is 0 Å². The normalized spacial score (nSPS) is 19.8. The van der Waals surface area contributed by atoms with Crippen molar-refractivity contribution in [2.24, 2.45) is 5.92 Å². The Labute approximate surface area is 146 Å². The van der Waals surface area contributed by atoms with Crippen molar-refractivity contribution in [3.05, 3.63) is 65.7 Å². The fourth-order valence-electron chi connectivity index (χ4n) is 3.26. The van der Waals surface area contributed by atoms with E-state index in [0.717, 1.165) is 5.56 Å². The molecule has 1 aliphatic rings. The summed E-state index contributed by atoms with van der Waals surface area (Å²) in [4.78, 5) is 38.1. The summed E-state index contributed by atoms with van der Waals surface area (Å²) in [6.07, 6.45) is 0.175. The van der Waals surface area contributed by atoms with Gasteiger partial charge in [-0.3, -0.25) is 14.4 Å². The Morgan fingerprint density at radius 2 is 1.80 bits per heavy atom. The summed E-state index contributed by atoms with van der Waals surface area (Å²) in [7, 11) is 1.73. The standard InChI is InChI=1S/C20H20N2O3/c1-13(23)15-9-6-10-16(11-15)21-20(25)17-12-18(24)22(2)19(17)14-7-4-3-5-8-14/h3-11,17,19H,12H2,1-2H3,(H,21,25). The first-order chi connectivity index (χ1) is 12.0. The summed E-state index contributed by atoms with van der Waals surface area (Å²) >= 11 is 0. The highest BCUT2D eigenvalue weighted by Crippen LogP contribution is 2.37. The van der Waals surface area contributed by atoms with Crippen LogP contribution in [0.5, 0.6) is 0 Å². The highest BCUT2D eigenvalue weighted by molar-refractivity contribution is 6.00. The van der Waals surface area contributed by atoms with Crippen molar-refractivity contribution >= 4 is 23.3 Å². The third-order valence-corrected chi connectivity index (χ3v) is 4.60. The minimum absolute atomic E-state index is 0.0495. The molecule has 2 unspecified atom stereocenters. The lowest BCUT2D eigenvalue weighted by atomic mass is 9.93. The molecule has 0 radical (unpaired) electrons. The molecular weight excluding hydrogens is 316 g/mol. The number of hydrogen-bond donors (Lipinski definition) is 1. The lowest BCUT2D eigenvalue weighted by Crippen LogP contribution is -2.30. The summed E-state index contributed by atoms with van der Waals surface area (Å²) in [5.41, 5.74) is 2.04. The minimum atomic E-state index is -0.471. The fourth-order valence-corrected chi connectivity index (χ4v) is 3.26. The molecule has 1 N–H and O–H groups in total. The van der Waals surface area contributed by atoms with Crippen molar-refractivity contribution in [3.63, 3.8) is 0 Å². The number of Topliss-reactive ketones (excluding diaryl/α,β-unsaturated/α-hetero) is 1. The van der Waals surface area contributed by atoms with Gasteiger partial charge in [0.05, 0.1) is 12.0 Å². The molecule has 5 nitrogen and oxygen atoms in total. The maximum Gasteiger partial charge on any atom is 0.230 e. The Kier molecular flexibility index (Phi) is 4.65. The lowest BCUT2D eigenvalue weighted by Gasteiger charge is -2.25.